The van der Waals surface area contributed by atoms with Gasteiger partial charge >= 0.3 is 0 Å². The van der Waals surface area contributed by atoms with E-state index >= 15 is 0 Å². The molecular weight excluding hydrogens is 292 g/mol. The van der Waals surface area contributed by atoms with Crippen LogP contribution >= 0.6 is 11.3 Å². The second-order valence-corrected chi connectivity index (χ2v) is 6.76. The highest BCUT2D eigenvalue weighted by Gasteiger charge is 2.05. The molecule has 0 radical (unpaired) electrons. The summed E-state index contributed by atoms with van der Waals surface area (Å²) in [6.45, 7) is 2.70. The van der Waals surface area contributed by atoms with Crippen molar-refractivity contribution in [2.24, 2.45) is 0 Å². The number of carbonyl (C=O) groups excluding carboxylic acids is 1. The molecule has 1 amide bonds. The van der Waals surface area contributed by atoms with Gasteiger partial charge in [-0.25, -0.2) is 0 Å². The normalized spacial score (nSPS) is 10.5. The molecule has 0 unspecified atom stereocenters. The summed E-state index contributed by atoms with van der Waals surface area (Å²) in [5.41, 5.74) is 3.59. The van der Waals surface area contributed by atoms with Crippen LogP contribution in [0.15, 0.2) is 35.7 Å². The van der Waals surface area contributed by atoms with Gasteiger partial charge in [0.25, 0.3) is 0 Å². The minimum absolute atomic E-state index is 0.130. The van der Waals surface area contributed by atoms with Gasteiger partial charge in [0.1, 0.15) is 0 Å². The van der Waals surface area contributed by atoms with Crippen molar-refractivity contribution in [1.82, 2.24) is 5.32 Å². The number of carbonyl (C=O) groups is 1. The van der Waals surface area contributed by atoms with Crippen LogP contribution in [0.25, 0.3) is 0 Å². The van der Waals surface area contributed by atoms with Crippen molar-refractivity contribution in [3.05, 3.63) is 51.7 Å². The Morgan fingerprint density at radius 2 is 2.09 bits per heavy atom. The number of benzene rings is 1. The maximum absolute atomic E-state index is 11.9. The second-order valence-electron chi connectivity index (χ2n) is 5.72. The maximum Gasteiger partial charge on any atom is 0.220 e. The molecule has 3 nitrogen and oxygen atoms in total. The van der Waals surface area contributed by atoms with Crippen LogP contribution in [-0.4, -0.2) is 20.0 Å². The molecule has 0 aliphatic rings. The summed E-state index contributed by atoms with van der Waals surface area (Å²) in [7, 11) is 4.08. The van der Waals surface area contributed by atoms with E-state index < -0.39 is 0 Å². The van der Waals surface area contributed by atoms with E-state index in [1.165, 1.54) is 16.1 Å². The summed E-state index contributed by atoms with van der Waals surface area (Å²) in [6.07, 6.45) is 2.49. The van der Waals surface area contributed by atoms with E-state index in [2.05, 4.69) is 52.9 Å². The average molecular weight is 316 g/mol. The third-order valence-electron chi connectivity index (χ3n) is 3.64. The van der Waals surface area contributed by atoms with Gasteiger partial charge in [0, 0.05) is 37.6 Å². The van der Waals surface area contributed by atoms with Crippen LogP contribution in [0, 0.1) is 6.92 Å². The molecule has 0 aliphatic heterocycles. The molecular formula is C18H24N2OS. The van der Waals surface area contributed by atoms with Gasteiger partial charge in [-0.15, -0.1) is 11.3 Å². The molecule has 2 rings (SSSR count). The van der Waals surface area contributed by atoms with E-state index in [0.29, 0.717) is 13.0 Å². The summed E-state index contributed by atoms with van der Waals surface area (Å²) < 4.78 is 0. The Kier molecular flexibility index (Phi) is 6.01. The summed E-state index contributed by atoms with van der Waals surface area (Å²) >= 11 is 1.75. The third kappa shape index (κ3) is 4.88. The molecule has 0 aliphatic carbocycles. The lowest BCUT2D eigenvalue weighted by molar-refractivity contribution is -0.121. The number of nitrogens with one attached hydrogen (secondary N) is 1. The zero-order chi connectivity index (χ0) is 15.9. The van der Waals surface area contributed by atoms with Gasteiger partial charge in [0.05, 0.1) is 0 Å². The van der Waals surface area contributed by atoms with Gasteiger partial charge in [0.15, 0.2) is 0 Å². The number of hydrogen-bond acceptors (Lipinski definition) is 3. The number of rotatable bonds is 7. The Hall–Kier alpha value is -1.81. The molecule has 1 aromatic carbocycles. The standard InChI is InChI=1S/C18H24N2OS/c1-14-12-15(9-10-17(14)20(2)3)13-19-18(21)8-4-6-16-7-5-11-22-16/h5,7,9-12H,4,6,8,13H2,1-3H3,(H,19,21). The maximum atomic E-state index is 11.9. The van der Waals surface area contributed by atoms with Crippen molar-refractivity contribution in [3.63, 3.8) is 0 Å². The number of thiophene rings is 1. The minimum Gasteiger partial charge on any atom is -0.377 e. The highest BCUT2D eigenvalue weighted by molar-refractivity contribution is 7.09. The predicted octanol–water partition coefficient (Wildman–Crippen LogP) is 3.76. The topological polar surface area (TPSA) is 32.3 Å². The number of amides is 1. The van der Waals surface area contributed by atoms with Crippen LogP contribution in [0.5, 0.6) is 0 Å². The van der Waals surface area contributed by atoms with Gasteiger partial charge in [-0.3, -0.25) is 4.79 Å². The number of anilines is 1. The van der Waals surface area contributed by atoms with Crippen LogP contribution in [0.1, 0.15) is 28.8 Å². The van der Waals surface area contributed by atoms with Gasteiger partial charge in [-0.2, -0.15) is 0 Å². The number of aryl methyl sites for hydroxylation is 2. The molecule has 2 aromatic rings. The Labute approximate surface area is 137 Å². The Balaban J connectivity index is 1.75. The lowest BCUT2D eigenvalue weighted by atomic mass is 10.1. The largest absolute Gasteiger partial charge is 0.377 e. The fourth-order valence-corrected chi connectivity index (χ4v) is 3.25. The molecule has 1 heterocycles. The molecule has 0 fully saturated rings. The molecule has 0 saturated heterocycles. The van der Waals surface area contributed by atoms with Crippen LogP contribution in [0.4, 0.5) is 5.69 Å². The van der Waals surface area contributed by atoms with E-state index in [4.69, 9.17) is 0 Å². The molecule has 118 valence electrons. The first-order valence-electron chi connectivity index (χ1n) is 7.62. The fraction of sp³-hybridized carbons (Fsp3) is 0.389. The lowest BCUT2D eigenvalue weighted by Gasteiger charge is -2.16. The lowest BCUT2D eigenvalue weighted by Crippen LogP contribution is -2.22. The quantitative estimate of drug-likeness (QED) is 0.843. The predicted molar refractivity (Wildman–Crippen MR) is 94.6 cm³/mol. The average Bonchev–Trinajstić information content (AvgIpc) is 2.98. The van der Waals surface area contributed by atoms with Crippen LogP contribution < -0.4 is 10.2 Å². The van der Waals surface area contributed by atoms with E-state index in [-0.39, 0.29) is 5.91 Å². The van der Waals surface area contributed by atoms with Crippen LogP contribution in [0.2, 0.25) is 0 Å². The summed E-state index contributed by atoms with van der Waals surface area (Å²) in [5, 5.41) is 5.08. The van der Waals surface area contributed by atoms with Crippen molar-refractivity contribution in [2.45, 2.75) is 32.7 Å². The molecule has 1 N–H and O–H groups in total. The van der Waals surface area contributed by atoms with Crippen LogP contribution in [0.3, 0.4) is 0 Å². The van der Waals surface area contributed by atoms with Gasteiger partial charge < -0.3 is 10.2 Å². The van der Waals surface area contributed by atoms with Crippen molar-refractivity contribution in [3.8, 4) is 0 Å². The first-order valence-corrected chi connectivity index (χ1v) is 8.50. The molecule has 0 saturated carbocycles. The zero-order valence-corrected chi connectivity index (χ0v) is 14.4. The SMILES string of the molecule is Cc1cc(CNC(=O)CCCc2cccs2)ccc1N(C)C. The number of hydrogen-bond donors (Lipinski definition) is 1. The Morgan fingerprint density at radius 3 is 2.73 bits per heavy atom. The molecule has 0 bridgehead atoms. The number of nitrogens with zero attached hydrogens (tertiary/aromatic N) is 1. The summed E-state index contributed by atoms with van der Waals surface area (Å²) in [4.78, 5) is 15.3. The first kappa shape index (κ1) is 16.6. The second kappa shape index (κ2) is 7.99. The van der Waals surface area contributed by atoms with E-state index in [1.807, 2.05) is 14.1 Å². The Morgan fingerprint density at radius 1 is 1.27 bits per heavy atom. The first-order chi connectivity index (χ1) is 10.6. The monoisotopic (exact) mass is 316 g/mol. The van der Waals surface area contributed by atoms with E-state index in [9.17, 15) is 4.79 Å². The minimum atomic E-state index is 0.130. The van der Waals surface area contributed by atoms with Crippen LogP contribution in [-0.2, 0) is 17.8 Å². The molecule has 4 heteroatoms. The zero-order valence-electron chi connectivity index (χ0n) is 13.6. The van der Waals surface area contributed by atoms with Crippen molar-refractivity contribution in [2.75, 3.05) is 19.0 Å². The fourth-order valence-electron chi connectivity index (χ4n) is 2.50. The van der Waals surface area contributed by atoms with Gasteiger partial charge in [0.2, 0.25) is 5.91 Å². The highest BCUT2D eigenvalue weighted by Crippen LogP contribution is 2.19. The van der Waals surface area contributed by atoms with Crippen molar-refractivity contribution >= 4 is 22.9 Å². The molecule has 0 spiro atoms. The molecule has 22 heavy (non-hydrogen) atoms. The van der Waals surface area contributed by atoms with Crippen molar-refractivity contribution < 1.29 is 4.79 Å². The molecule has 0 atom stereocenters. The van der Waals surface area contributed by atoms with E-state index in [1.54, 1.807) is 11.3 Å². The Bertz CT molecular complexity index is 606. The summed E-state index contributed by atoms with van der Waals surface area (Å²) in [5.74, 6) is 0.130. The summed E-state index contributed by atoms with van der Waals surface area (Å²) in [6, 6.07) is 10.5. The van der Waals surface area contributed by atoms with Gasteiger partial charge in [-0.1, -0.05) is 18.2 Å². The smallest absolute Gasteiger partial charge is 0.220 e. The van der Waals surface area contributed by atoms with E-state index in [0.717, 1.165) is 18.4 Å². The third-order valence-corrected chi connectivity index (χ3v) is 4.58. The molecule has 1 aromatic heterocycles. The van der Waals surface area contributed by atoms with Crippen molar-refractivity contribution in [1.29, 1.82) is 0 Å². The highest BCUT2D eigenvalue weighted by atomic mass is 32.1. The van der Waals surface area contributed by atoms with Gasteiger partial charge in [-0.05, 0) is 48.4 Å².